The van der Waals surface area contributed by atoms with Crippen LogP contribution in [0.3, 0.4) is 0 Å². The number of halogens is 1. The fourth-order valence-corrected chi connectivity index (χ4v) is 4.13. The van der Waals surface area contributed by atoms with Crippen molar-refractivity contribution in [3.8, 4) is 11.4 Å². The second kappa shape index (κ2) is 9.82. The molecule has 0 aliphatic carbocycles. The minimum Gasteiger partial charge on any atom is -0.494 e. The number of carbonyl (C=O) groups excluding carboxylic acids is 1. The van der Waals surface area contributed by atoms with Crippen molar-refractivity contribution < 1.29 is 13.9 Å². The van der Waals surface area contributed by atoms with Crippen molar-refractivity contribution in [2.45, 2.75) is 30.7 Å². The Morgan fingerprint density at radius 2 is 2.09 bits per heavy atom. The standard InChI is InChI=1S/C22H23FN6O2S/c1-3-31-18-7-5-17(6-8-18)29-22(26-27-28-29)32-14(2)21(30)24-11-10-15-13-25-20-9-4-16(23)12-19(15)20/h4-9,12-14,25H,3,10-11H2,1-2H3,(H,24,30). The lowest BCUT2D eigenvalue weighted by atomic mass is 10.1. The van der Waals surface area contributed by atoms with E-state index < -0.39 is 5.25 Å². The van der Waals surface area contributed by atoms with Crippen LogP contribution in [0, 0.1) is 5.82 Å². The zero-order valence-electron chi connectivity index (χ0n) is 17.7. The van der Waals surface area contributed by atoms with E-state index in [1.807, 2.05) is 37.4 Å². The van der Waals surface area contributed by atoms with Gasteiger partial charge in [0.05, 0.1) is 17.5 Å². The molecular formula is C22H23FN6O2S. The Hall–Kier alpha value is -3.40. The van der Waals surface area contributed by atoms with Gasteiger partial charge in [-0.05, 0) is 78.7 Å². The highest BCUT2D eigenvalue weighted by Crippen LogP contribution is 2.24. The summed E-state index contributed by atoms with van der Waals surface area (Å²) in [6.45, 7) is 4.77. The Morgan fingerprint density at radius 1 is 1.28 bits per heavy atom. The molecule has 8 nitrogen and oxygen atoms in total. The van der Waals surface area contributed by atoms with Crippen LogP contribution in [0.2, 0.25) is 0 Å². The number of aromatic nitrogens is 5. The predicted molar refractivity (Wildman–Crippen MR) is 121 cm³/mol. The number of hydrogen-bond donors (Lipinski definition) is 2. The first-order valence-electron chi connectivity index (χ1n) is 10.3. The molecule has 1 unspecified atom stereocenters. The Kier molecular flexibility index (Phi) is 6.69. The molecule has 0 radical (unpaired) electrons. The fraction of sp³-hybridized carbons (Fsp3) is 0.273. The number of thioether (sulfide) groups is 1. The molecule has 0 saturated heterocycles. The summed E-state index contributed by atoms with van der Waals surface area (Å²) in [4.78, 5) is 15.7. The number of aromatic amines is 1. The number of fused-ring (bicyclic) bond motifs is 1. The molecule has 0 saturated carbocycles. The van der Waals surface area contributed by atoms with Crippen LogP contribution >= 0.6 is 11.8 Å². The molecule has 4 aromatic rings. The average molecular weight is 455 g/mol. The molecular weight excluding hydrogens is 431 g/mol. The summed E-state index contributed by atoms with van der Waals surface area (Å²) in [6, 6.07) is 12.1. The minimum absolute atomic E-state index is 0.123. The third-order valence-corrected chi connectivity index (χ3v) is 5.94. The third-order valence-electron chi connectivity index (χ3n) is 4.91. The van der Waals surface area contributed by atoms with Gasteiger partial charge in [0.15, 0.2) is 0 Å². The van der Waals surface area contributed by atoms with Crippen molar-refractivity contribution in [2.24, 2.45) is 0 Å². The predicted octanol–water partition coefficient (Wildman–Crippen LogP) is 3.52. The normalized spacial score (nSPS) is 12.1. The average Bonchev–Trinajstić information content (AvgIpc) is 3.41. The van der Waals surface area contributed by atoms with E-state index in [1.165, 1.54) is 23.9 Å². The third kappa shape index (κ3) is 4.91. The number of tetrazole rings is 1. The lowest BCUT2D eigenvalue weighted by molar-refractivity contribution is -0.120. The van der Waals surface area contributed by atoms with Gasteiger partial charge in [-0.1, -0.05) is 11.8 Å². The number of carbonyl (C=O) groups is 1. The molecule has 0 fully saturated rings. The highest BCUT2D eigenvalue weighted by atomic mass is 32.2. The Labute approximate surface area is 188 Å². The molecule has 2 aromatic heterocycles. The Bertz CT molecular complexity index is 1210. The monoisotopic (exact) mass is 454 g/mol. The van der Waals surface area contributed by atoms with Gasteiger partial charge in [0, 0.05) is 23.6 Å². The zero-order chi connectivity index (χ0) is 22.5. The van der Waals surface area contributed by atoms with Gasteiger partial charge in [0.2, 0.25) is 11.1 Å². The van der Waals surface area contributed by atoms with Gasteiger partial charge < -0.3 is 15.0 Å². The fourth-order valence-electron chi connectivity index (χ4n) is 3.30. The number of ether oxygens (including phenoxy) is 1. The van der Waals surface area contributed by atoms with Crippen LogP contribution in [-0.2, 0) is 11.2 Å². The van der Waals surface area contributed by atoms with Crippen LogP contribution in [0.5, 0.6) is 5.75 Å². The van der Waals surface area contributed by atoms with Crippen molar-refractivity contribution in [1.82, 2.24) is 30.5 Å². The minimum atomic E-state index is -0.400. The molecule has 10 heteroatoms. The van der Waals surface area contributed by atoms with Gasteiger partial charge >= 0.3 is 0 Å². The number of nitrogens with one attached hydrogen (secondary N) is 2. The van der Waals surface area contributed by atoms with E-state index in [0.717, 1.165) is 27.9 Å². The summed E-state index contributed by atoms with van der Waals surface area (Å²) in [5.41, 5.74) is 2.61. The van der Waals surface area contributed by atoms with Crippen molar-refractivity contribution in [2.75, 3.05) is 13.2 Å². The first-order chi connectivity index (χ1) is 15.5. The second-order valence-electron chi connectivity index (χ2n) is 7.11. The van der Waals surface area contributed by atoms with E-state index >= 15 is 0 Å². The van der Waals surface area contributed by atoms with E-state index in [1.54, 1.807) is 17.7 Å². The Balaban J connectivity index is 1.34. The van der Waals surface area contributed by atoms with E-state index in [9.17, 15) is 9.18 Å². The lowest BCUT2D eigenvalue weighted by Crippen LogP contribution is -2.32. The summed E-state index contributed by atoms with van der Waals surface area (Å²) in [7, 11) is 0. The molecule has 2 N–H and O–H groups in total. The molecule has 166 valence electrons. The van der Waals surface area contributed by atoms with Crippen LogP contribution in [0.15, 0.2) is 53.8 Å². The maximum atomic E-state index is 13.5. The van der Waals surface area contributed by atoms with Crippen LogP contribution in [-0.4, -0.2) is 49.5 Å². The maximum absolute atomic E-state index is 13.5. The second-order valence-corrected chi connectivity index (χ2v) is 8.41. The number of nitrogens with zero attached hydrogens (tertiary/aromatic N) is 4. The number of hydrogen-bond acceptors (Lipinski definition) is 6. The SMILES string of the molecule is CCOc1ccc(-n2nnnc2SC(C)C(=O)NCCc2c[nH]c3ccc(F)cc23)cc1. The van der Waals surface area contributed by atoms with Gasteiger partial charge in [-0.25, -0.2) is 4.39 Å². The van der Waals surface area contributed by atoms with E-state index in [-0.39, 0.29) is 11.7 Å². The zero-order valence-corrected chi connectivity index (χ0v) is 18.5. The Morgan fingerprint density at radius 3 is 2.88 bits per heavy atom. The first-order valence-corrected chi connectivity index (χ1v) is 11.1. The topological polar surface area (TPSA) is 97.7 Å². The molecule has 0 aliphatic heterocycles. The maximum Gasteiger partial charge on any atom is 0.233 e. The van der Waals surface area contributed by atoms with Crippen molar-refractivity contribution in [3.05, 3.63) is 60.0 Å². The summed E-state index contributed by atoms with van der Waals surface area (Å²) in [6.07, 6.45) is 2.44. The molecule has 1 amide bonds. The molecule has 32 heavy (non-hydrogen) atoms. The number of rotatable bonds is 9. The van der Waals surface area contributed by atoms with E-state index in [2.05, 4.69) is 25.8 Å². The van der Waals surface area contributed by atoms with Crippen LogP contribution in [0.1, 0.15) is 19.4 Å². The quantitative estimate of drug-likeness (QED) is 0.376. The van der Waals surface area contributed by atoms with Crippen LogP contribution in [0.25, 0.3) is 16.6 Å². The number of amides is 1. The lowest BCUT2D eigenvalue weighted by Gasteiger charge is -2.12. The molecule has 0 bridgehead atoms. The number of benzene rings is 2. The summed E-state index contributed by atoms with van der Waals surface area (Å²) >= 11 is 1.27. The summed E-state index contributed by atoms with van der Waals surface area (Å²) in [5, 5.41) is 15.7. The van der Waals surface area contributed by atoms with Gasteiger partial charge in [-0.2, -0.15) is 4.68 Å². The molecule has 0 aliphatic rings. The summed E-state index contributed by atoms with van der Waals surface area (Å²) in [5.74, 6) is 0.365. The van der Waals surface area contributed by atoms with E-state index in [4.69, 9.17) is 4.74 Å². The van der Waals surface area contributed by atoms with Crippen molar-refractivity contribution in [1.29, 1.82) is 0 Å². The van der Waals surface area contributed by atoms with Gasteiger partial charge in [-0.15, -0.1) is 5.10 Å². The molecule has 2 aromatic carbocycles. The van der Waals surface area contributed by atoms with Crippen molar-refractivity contribution in [3.63, 3.8) is 0 Å². The first kappa shape index (κ1) is 21.8. The van der Waals surface area contributed by atoms with Crippen molar-refractivity contribution >= 4 is 28.6 Å². The number of H-pyrrole nitrogens is 1. The van der Waals surface area contributed by atoms with Gasteiger partial charge in [0.1, 0.15) is 11.6 Å². The van der Waals surface area contributed by atoms with Crippen LogP contribution < -0.4 is 10.1 Å². The highest BCUT2D eigenvalue weighted by Gasteiger charge is 2.19. The largest absolute Gasteiger partial charge is 0.494 e. The molecule has 1 atom stereocenters. The molecule has 2 heterocycles. The highest BCUT2D eigenvalue weighted by molar-refractivity contribution is 8.00. The molecule has 4 rings (SSSR count). The smallest absolute Gasteiger partial charge is 0.233 e. The molecule has 0 spiro atoms. The van der Waals surface area contributed by atoms with Gasteiger partial charge in [-0.3, -0.25) is 4.79 Å². The van der Waals surface area contributed by atoms with Gasteiger partial charge in [0.25, 0.3) is 0 Å². The van der Waals surface area contributed by atoms with Crippen LogP contribution in [0.4, 0.5) is 4.39 Å². The van der Waals surface area contributed by atoms with E-state index in [0.29, 0.717) is 24.7 Å². The summed E-state index contributed by atoms with van der Waals surface area (Å²) < 4.78 is 20.6.